The monoisotopic (exact) mass is 454 g/mol. The first-order valence-electron chi connectivity index (χ1n) is 11.9. The van der Waals surface area contributed by atoms with E-state index in [1.54, 1.807) is 7.11 Å². The zero-order valence-corrected chi connectivity index (χ0v) is 19.7. The van der Waals surface area contributed by atoms with Gasteiger partial charge in [-0.25, -0.2) is 0 Å². The van der Waals surface area contributed by atoms with Gasteiger partial charge in [0.1, 0.15) is 17.1 Å². The molecule has 0 unspecified atom stereocenters. The van der Waals surface area contributed by atoms with Gasteiger partial charge < -0.3 is 14.5 Å². The minimum absolute atomic E-state index is 0.138. The number of methoxy groups -OCH3 is 1. The summed E-state index contributed by atoms with van der Waals surface area (Å²) in [5, 5.41) is 4.09. The Morgan fingerprint density at radius 2 is 1.74 bits per heavy atom. The van der Waals surface area contributed by atoms with E-state index in [1.807, 2.05) is 66.7 Å². The van der Waals surface area contributed by atoms with Crippen LogP contribution < -0.4 is 10.1 Å². The third kappa shape index (κ3) is 4.44. The Balaban J connectivity index is 1.63. The molecule has 174 valence electrons. The number of fused-ring (bicyclic) bond motifs is 1. The zero-order chi connectivity index (χ0) is 23.5. The van der Waals surface area contributed by atoms with Crippen LogP contribution in [0.25, 0.3) is 11.0 Å². The zero-order valence-electron chi connectivity index (χ0n) is 19.7. The summed E-state index contributed by atoms with van der Waals surface area (Å²) >= 11 is 0. The summed E-state index contributed by atoms with van der Waals surface area (Å²) in [4.78, 5) is 15.7. The molecule has 5 nitrogen and oxygen atoms in total. The van der Waals surface area contributed by atoms with Crippen LogP contribution in [0.1, 0.15) is 47.5 Å². The highest BCUT2D eigenvalue weighted by molar-refractivity contribution is 6.09. The lowest BCUT2D eigenvalue weighted by Gasteiger charge is -2.36. The number of likely N-dealkylation sites (tertiary alicyclic amines) is 1. The minimum Gasteiger partial charge on any atom is -0.497 e. The molecule has 1 atom stereocenters. The lowest BCUT2D eigenvalue weighted by atomic mass is 9.94. The summed E-state index contributed by atoms with van der Waals surface area (Å²) in [7, 11) is 1.68. The molecular formula is C29H30N2O3. The number of hydrogen-bond acceptors (Lipinski definition) is 4. The van der Waals surface area contributed by atoms with Crippen LogP contribution in [0.4, 0.5) is 5.69 Å². The largest absolute Gasteiger partial charge is 0.497 e. The summed E-state index contributed by atoms with van der Waals surface area (Å²) < 4.78 is 12.0. The first-order valence-corrected chi connectivity index (χ1v) is 11.9. The molecule has 1 fully saturated rings. The molecule has 3 aromatic carbocycles. The van der Waals surface area contributed by atoms with Crippen molar-refractivity contribution in [1.82, 2.24) is 4.90 Å². The van der Waals surface area contributed by atoms with Gasteiger partial charge >= 0.3 is 0 Å². The van der Waals surface area contributed by atoms with E-state index < -0.39 is 0 Å². The van der Waals surface area contributed by atoms with Crippen LogP contribution in [0, 0.1) is 5.92 Å². The maximum absolute atomic E-state index is 13.2. The molecule has 1 aromatic heterocycles. The average molecular weight is 455 g/mol. The van der Waals surface area contributed by atoms with E-state index in [2.05, 4.69) is 29.3 Å². The van der Waals surface area contributed by atoms with Crippen molar-refractivity contribution in [3.8, 4) is 5.75 Å². The topological polar surface area (TPSA) is 54.7 Å². The Hall–Kier alpha value is -3.57. The average Bonchev–Trinajstić information content (AvgIpc) is 3.23. The summed E-state index contributed by atoms with van der Waals surface area (Å²) in [6.07, 6.45) is 2.26. The molecule has 1 amide bonds. The van der Waals surface area contributed by atoms with E-state index >= 15 is 0 Å². The van der Waals surface area contributed by atoms with Crippen LogP contribution in [0.5, 0.6) is 5.75 Å². The number of ether oxygens (including phenoxy) is 1. The van der Waals surface area contributed by atoms with Crippen molar-refractivity contribution in [3.63, 3.8) is 0 Å². The Bertz CT molecular complexity index is 1270. The smallest absolute Gasteiger partial charge is 0.255 e. The van der Waals surface area contributed by atoms with Gasteiger partial charge in [0.15, 0.2) is 0 Å². The number of rotatable bonds is 6. The molecule has 2 heterocycles. The highest BCUT2D eigenvalue weighted by atomic mass is 16.5. The van der Waals surface area contributed by atoms with Crippen molar-refractivity contribution in [2.24, 2.45) is 5.92 Å². The molecular weight excluding hydrogens is 424 g/mol. The second-order valence-electron chi connectivity index (χ2n) is 9.06. The van der Waals surface area contributed by atoms with Gasteiger partial charge in [0.2, 0.25) is 0 Å². The van der Waals surface area contributed by atoms with Crippen LogP contribution in [0.2, 0.25) is 0 Å². The van der Waals surface area contributed by atoms with E-state index in [1.165, 1.54) is 0 Å². The molecule has 1 aliphatic heterocycles. The summed E-state index contributed by atoms with van der Waals surface area (Å²) in [6, 6.07) is 25.2. The molecule has 1 N–H and O–H groups in total. The first-order chi connectivity index (χ1) is 16.6. The first kappa shape index (κ1) is 22.2. The third-order valence-electron chi connectivity index (χ3n) is 6.74. The maximum Gasteiger partial charge on any atom is 0.255 e. The van der Waals surface area contributed by atoms with Crippen molar-refractivity contribution in [3.05, 3.63) is 95.7 Å². The van der Waals surface area contributed by atoms with Gasteiger partial charge in [-0.05, 0) is 73.8 Å². The number of hydrogen-bond donors (Lipinski definition) is 1. The second kappa shape index (κ2) is 9.74. The number of piperidine rings is 1. The molecule has 1 aliphatic rings. The SMILES string of the molecule is COc1cccc([C@@H](c2oc3ccccc3c2NC(=O)c2ccccc2)N2CCC(C)CC2)c1. The van der Waals surface area contributed by atoms with Gasteiger partial charge in [-0.3, -0.25) is 9.69 Å². The Kier molecular flexibility index (Phi) is 6.37. The molecule has 5 rings (SSSR count). The van der Waals surface area contributed by atoms with Crippen LogP contribution in [-0.2, 0) is 0 Å². The highest BCUT2D eigenvalue weighted by Gasteiger charge is 2.32. The number of nitrogens with zero attached hydrogens (tertiary/aromatic N) is 1. The molecule has 0 radical (unpaired) electrons. The third-order valence-corrected chi connectivity index (χ3v) is 6.74. The van der Waals surface area contributed by atoms with Crippen molar-refractivity contribution in [2.45, 2.75) is 25.8 Å². The predicted molar refractivity (Wildman–Crippen MR) is 135 cm³/mol. The number of furan rings is 1. The van der Waals surface area contributed by atoms with Crippen LogP contribution >= 0.6 is 0 Å². The molecule has 1 saturated heterocycles. The van der Waals surface area contributed by atoms with Gasteiger partial charge in [-0.1, -0.05) is 49.4 Å². The summed E-state index contributed by atoms with van der Waals surface area (Å²) in [6.45, 7) is 4.24. The number of para-hydroxylation sites is 1. The number of nitrogens with one attached hydrogen (secondary N) is 1. The van der Waals surface area contributed by atoms with Gasteiger partial charge in [0, 0.05) is 10.9 Å². The van der Waals surface area contributed by atoms with Crippen molar-refractivity contribution in [2.75, 3.05) is 25.5 Å². The standard InChI is InChI=1S/C29H30N2O3/c1-20-15-17-31(18-16-20)27(22-11-8-12-23(19-22)33-2)28-26(24-13-6-7-14-25(24)34-28)30-29(32)21-9-4-3-5-10-21/h3-14,19-20,27H,15-18H2,1-2H3,(H,30,32)/t27-/m0/s1. The minimum atomic E-state index is -0.148. The lowest BCUT2D eigenvalue weighted by Crippen LogP contribution is -2.37. The quantitative estimate of drug-likeness (QED) is 0.361. The fraction of sp³-hybridized carbons (Fsp3) is 0.276. The van der Waals surface area contributed by atoms with Gasteiger partial charge in [-0.2, -0.15) is 0 Å². The number of carbonyl (C=O) groups excluding carboxylic acids is 1. The summed E-state index contributed by atoms with van der Waals surface area (Å²) in [5.41, 5.74) is 3.20. The van der Waals surface area contributed by atoms with Crippen molar-refractivity contribution < 1.29 is 13.9 Å². The Labute approximate surface area is 200 Å². The Morgan fingerprint density at radius 3 is 2.50 bits per heavy atom. The van der Waals surface area contributed by atoms with E-state index in [4.69, 9.17) is 9.15 Å². The number of anilines is 1. The number of carbonyl (C=O) groups is 1. The molecule has 0 saturated carbocycles. The summed E-state index contributed by atoms with van der Waals surface area (Å²) in [5.74, 6) is 2.12. The van der Waals surface area contributed by atoms with E-state index in [0.717, 1.165) is 59.7 Å². The van der Waals surface area contributed by atoms with E-state index in [9.17, 15) is 4.79 Å². The predicted octanol–water partition coefficient (Wildman–Crippen LogP) is 6.52. The molecule has 0 spiro atoms. The van der Waals surface area contributed by atoms with Crippen LogP contribution in [0.3, 0.4) is 0 Å². The number of benzene rings is 3. The van der Waals surface area contributed by atoms with Gasteiger partial charge in [-0.15, -0.1) is 0 Å². The molecule has 0 bridgehead atoms. The van der Waals surface area contributed by atoms with E-state index in [-0.39, 0.29) is 11.9 Å². The van der Waals surface area contributed by atoms with Crippen molar-refractivity contribution >= 4 is 22.6 Å². The molecule has 5 heteroatoms. The fourth-order valence-corrected chi connectivity index (χ4v) is 4.79. The number of amides is 1. The molecule has 0 aliphatic carbocycles. The van der Waals surface area contributed by atoms with Gasteiger partial charge in [0.05, 0.1) is 18.8 Å². The van der Waals surface area contributed by atoms with Crippen LogP contribution in [-0.4, -0.2) is 31.0 Å². The van der Waals surface area contributed by atoms with Gasteiger partial charge in [0.25, 0.3) is 5.91 Å². The van der Waals surface area contributed by atoms with Crippen molar-refractivity contribution in [1.29, 1.82) is 0 Å². The second-order valence-corrected chi connectivity index (χ2v) is 9.06. The maximum atomic E-state index is 13.2. The Morgan fingerprint density at radius 1 is 1.00 bits per heavy atom. The fourth-order valence-electron chi connectivity index (χ4n) is 4.79. The highest BCUT2D eigenvalue weighted by Crippen LogP contribution is 2.42. The van der Waals surface area contributed by atoms with E-state index in [0.29, 0.717) is 11.5 Å². The molecule has 34 heavy (non-hydrogen) atoms. The molecule has 4 aromatic rings. The normalized spacial score (nSPS) is 15.8. The van der Waals surface area contributed by atoms with Crippen LogP contribution in [0.15, 0.2) is 83.3 Å². The lowest BCUT2D eigenvalue weighted by molar-refractivity contribution is 0.102.